The van der Waals surface area contributed by atoms with Gasteiger partial charge in [-0.15, -0.1) is 0 Å². The van der Waals surface area contributed by atoms with Crippen molar-refractivity contribution in [1.82, 2.24) is 0 Å². The Bertz CT molecular complexity index is 360. The van der Waals surface area contributed by atoms with E-state index in [2.05, 4.69) is 22.0 Å². The minimum Gasteiger partial charge on any atom is -0.393 e. The largest absolute Gasteiger partial charge is 0.393 e. The summed E-state index contributed by atoms with van der Waals surface area (Å²) in [5.74, 6) is 0. The first kappa shape index (κ1) is 10.2. The number of aliphatic hydroxyl groups excluding tert-OH is 1. The zero-order valence-corrected chi connectivity index (χ0v) is 8.93. The first-order chi connectivity index (χ1) is 7.25. The summed E-state index contributed by atoms with van der Waals surface area (Å²) >= 11 is 0. The number of benzene rings is 1. The van der Waals surface area contributed by atoms with E-state index in [-0.39, 0.29) is 6.10 Å². The summed E-state index contributed by atoms with van der Waals surface area (Å²) in [4.78, 5) is 6.31. The Hall–Kier alpha value is -1.35. The lowest BCUT2D eigenvalue weighted by atomic mass is 10.1. The summed E-state index contributed by atoms with van der Waals surface area (Å²) in [5.41, 5.74) is 2.33. The fraction of sp³-hybridized carbons (Fsp3) is 0.417. The second-order valence-corrected chi connectivity index (χ2v) is 3.94. The minimum absolute atomic E-state index is 0.285. The van der Waals surface area contributed by atoms with Gasteiger partial charge < -0.3 is 10.0 Å². The molecule has 1 unspecified atom stereocenters. The molecule has 1 aliphatic heterocycles. The van der Waals surface area contributed by atoms with Gasteiger partial charge in [0.25, 0.3) is 0 Å². The molecule has 0 bridgehead atoms. The van der Waals surface area contributed by atoms with E-state index in [0.29, 0.717) is 6.42 Å². The van der Waals surface area contributed by atoms with Gasteiger partial charge in [-0.3, -0.25) is 4.99 Å². The van der Waals surface area contributed by atoms with Crippen LogP contribution in [0.4, 0.5) is 5.69 Å². The van der Waals surface area contributed by atoms with Gasteiger partial charge in [-0.2, -0.15) is 0 Å². The van der Waals surface area contributed by atoms with Gasteiger partial charge in [-0.1, -0.05) is 12.1 Å². The van der Waals surface area contributed by atoms with Crippen molar-refractivity contribution in [2.24, 2.45) is 4.99 Å². The van der Waals surface area contributed by atoms with Crippen LogP contribution in [0.25, 0.3) is 0 Å². The Labute approximate surface area is 90.1 Å². The third-order valence-corrected chi connectivity index (χ3v) is 2.46. The van der Waals surface area contributed by atoms with Crippen LogP contribution >= 0.6 is 0 Å². The van der Waals surface area contributed by atoms with Crippen LogP contribution in [0.5, 0.6) is 0 Å². The number of aliphatic imine (C=N–C) groups is 1. The lowest BCUT2D eigenvalue weighted by molar-refractivity contribution is 0.195. The van der Waals surface area contributed by atoms with E-state index in [9.17, 15) is 5.11 Å². The highest BCUT2D eigenvalue weighted by atomic mass is 16.3. The number of hydrogen-bond donors (Lipinski definition) is 1. The van der Waals surface area contributed by atoms with Gasteiger partial charge in [0.1, 0.15) is 0 Å². The molecule has 0 aromatic heterocycles. The fourth-order valence-electron chi connectivity index (χ4n) is 1.78. The van der Waals surface area contributed by atoms with Crippen molar-refractivity contribution in [3.8, 4) is 0 Å². The van der Waals surface area contributed by atoms with Crippen LogP contribution in [0.15, 0.2) is 29.3 Å². The number of aliphatic hydroxyl groups is 1. The first-order valence-corrected chi connectivity index (χ1v) is 5.29. The lowest BCUT2D eigenvalue weighted by Gasteiger charge is -2.15. The van der Waals surface area contributed by atoms with Gasteiger partial charge in [-0.05, 0) is 31.0 Å². The van der Waals surface area contributed by atoms with Gasteiger partial charge in [0.2, 0.25) is 0 Å². The van der Waals surface area contributed by atoms with Gasteiger partial charge in [-0.25, -0.2) is 0 Å². The molecule has 1 aliphatic rings. The second kappa shape index (κ2) is 4.45. The number of nitrogens with zero attached hydrogens (tertiary/aromatic N) is 2. The van der Waals surface area contributed by atoms with E-state index in [1.54, 1.807) is 0 Å². The maximum absolute atomic E-state index is 9.32. The molecule has 0 spiro atoms. The summed E-state index contributed by atoms with van der Waals surface area (Å²) in [6, 6.07) is 8.26. The van der Waals surface area contributed by atoms with Crippen molar-refractivity contribution in [2.75, 3.05) is 18.0 Å². The fourth-order valence-corrected chi connectivity index (χ4v) is 1.78. The average molecular weight is 204 g/mol. The maximum atomic E-state index is 9.32. The molecule has 0 aliphatic carbocycles. The molecule has 0 saturated heterocycles. The van der Waals surface area contributed by atoms with Crippen LogP contribution in [0.1, 0.15) is 12.5 Å². The summed E-state index contributed by atoms with van der Waals surface area (Å²) in [5, 5.41) is 9.32. The molecule has 15 heavy (non-hydrogen) atoms. The van der Waals surface area contributed by atoms with Crippen LogP contribution in [0, 0.1) is 0 Å². The smallest absolute Gasteiger partial charge is 0.0895 e. The predicted molar refractivity (Wildman–Crippen MR) is 62.5 cm³/mol. The van der Waals surface area contributed by atoms with Gasteiger partial charge in [0.15, 0.2) is 0 Å². The number of hydrogen-bond acceptors (Lipinski definition) is 3. The molecule has 1 heterocycles. The summed E-state index contributed by atoms with van der Waals surface area (Å²) in [6.45, 7) is 3.64. The SMILES string of the molecule is CC(O)Cc1cccc(N2C=NCC2)c1. The maximum Gasteiger partial charge on any atom is 0.0895 e. The normalized spacial score (nSPS) is 17.1. The molecule has 1 aromatic rings. The highest BCUT2D eigenvalue weighted by Crippen LogP contribution is 2.17. The van der Waals surface area contributed by atoms with Crippen molar-refractivity contribution in [1.29, 1.82) is 0 Å². The van der Waals surface area contributed by atoms with Gasteiger partial charge >= 0.3 is 0 Å². The molecule has 0 saturated carbocycles. The Morgan fingerprint density at radius 1 is 1.53 bits per heavy atom. The van der Waals surface area contributed by atoms with E-state index in [0.717, 1.165) is 18.8 Å². The molecule has 3 nitrogen and oxygen atoms in total. The van der Waals surface area contributed by atoms with Crippen molar-refractivity contribution < 1.29 is 5.11 Å². The summed E-state index contributed by atoms with van der Waals surface area (Å²) < 4.78 is 0. The van der Waals surface area contributed by atoms with Crippen molar-refractivity contribution in [3.05, 3.63) is 29.8 Å². The van der Waals surface area contributed by atoms with E-state index in [1.807, 2.05) is 25.4 Å². The zero-order chi connectivity index (χ0) is 10.7. The van der Waals surface area contributed by atoms with Crippen LogP contribution in [0.3, 0.4) is 0 Å². The van der Waals surface area contributed by atoms with Crippen LogP contribution < -0.4 is 4.90 Å². The minimum atomic E-state index is -0.285. The number of rotatable bonds is 3. The lowest BCUT2D eigenvalue weighted by Crippen LogP contribution is -2.18. The van der Waals surface area contributed by atoms with E-state index in [4.69, 9.17) is 0 Å². The monoisotopic (exact) mass is 204 g/mol. The molecule has 0 amide bonds. The highest BCUT2D eigenvalue weighted by Gasteiger charge is 2.08. The molecule has 80 valence electrons. The van der Waals surface area contributed by atoms with Crippen molar-refractivity contribution in [2.45, 2.75) is 19.4 Å². The highest BCUT2D eigenvalue weighted by molar-refractivity contribution is 5.81. The molecule has 0 fully saturated rings. The second-order valence-electron chi connectivity index (χ2n) is 3.94. The standard InChI is InChI=1S/C12H16N2O/c1-10(15)7-11-3-2-4-12(8-11)14-6-5-13-9-14/h2-4,8-10,15H,5-7H2,1H3. The molecule has 0 radical (unpaired) electrons. The quantitative estimate of drug-likeness (QED) is 0.809. The zero-order valence-electron chi connectivity index (χ0n) is 8.93. The van der Waals surface area contributed by atoms with Crippen molar-refractivity contribution >= 4 is 12.0 Å². The Balaban J connectivity index is 2.14. The molecular weight excluding hydrogens is 188 g/mol. The Morgan fingerprint density at radius 3 is 3.07 bits per heavy atom. The van der Waals surface area contributed by atoms with Gasteiger partial charge in [0.05, 0.1) is 19.0 Å². The van der Waals surface area contributed by atoms with Crippen LogP contribution in [-0.4, -0.2) is 30.6 Å². The van der Waals surface area contributed by atoms with Crippen molar-refractivity contribution in [3.63, 3.8) is 0 Å². The Morgan fingerprint density at radius 2 is 2.40 bits per heavy atom. The van der Waals surface area contributed by atoms with Crippen LogP contribution in [0.2, 0.25) is 0 Å². The molecular formula is C12H16N2O. The van der Waals surface area contributed by atoms with E-state index < -0.39 is 0 Å². The summed E-state index contributed by atoms with van der Waals surface area (Å²) in [6.07, 6.45) is 2.30. The molecule has 2 rings (SSSR count). The first-order valence-electron chi connectivity index (χ1n) is 5.29. The topological polar surface area (TPSA) is 35.8 Å². The van der Waals surface area contributed by atoms with E-state index in [1.165, 1.54) is 5.56 Å². The average Bonchev–Trinajstić information content (AvgIpc) is 2.69. The molecule has 3 heteroatoms. The van der Waals surface area contributed by atoms with Crippen LogP contribution in [-0.2, 0) is 6.42 Å². The van der Waals surface area contributed by atoms with E-state index >= 15 is 0 Å². The molecule has 1 atom stereocenters. The number of anilines is 1. The summed E-state index contributed by atoms with van der Waals surface area (Å²) in [7, 11) is 0. The van der Waals surface area contributed by atoms with Gasteiger partial charge in [0, 0.05) is 12.2 Å². The molecule has 1 N–H and O–H groups in total. The third kappa shape index (κ3) is 2.57. The predicted octanol–water partition coefficient (Wildman–Crippen LogP) is 1.46. The third-order valence-electron chi connectivity index (χ3n) is 2.46. The Kier molecular flexibility index (Phi) is 3.02. The molecule has 1 aromatic carbocycles.